The summed E-state index contributed by atoms with van der Waals surface area (Å²) in [5.41, 5.74) is 5.03. The fraction of sp³-hybridized carbons (Fsp3) is 0. The summed E-state index contributed by atoms with van der Waals surface area (Å²) in [5.74, 6) is 0. The van der Waals surface area contributed by atoms with Crippen molar-refractivity contribution in [2.45, 2.75) is 0 Å². The molecule has 0 bridgehead atoms. The van der Waals surface area contributed by atoms with E-state index in [1.165, 1.54) is 6.07 Å². The second kappa shape index (κ2) is 16.4. The minimum Gasteiger partial charge on any atom is -0.456 e. The smallest absolute Gasteiger partial charge is 0.456 e. The van der Waals surface area contributed by atoms with E-state index in [1.54, 1.807) is 30.3 Å². The van der Waals surface area contributed by atoms with E-state index in [0.717, 1.165) is 86.9 Å². The number of hydrogen-bond acceptors (Lipinski definition) is 8. The van der Waals surface area contributed by atoms with Crippen LogP contribution in [0.3, 0.4) is 0 Å². The minimum absolute atomic E-state index is 0.0922. The Morgan fingerprint density at radius 1 is 0.438 bits per heavy atom. The van der Waals surface area contributed by atoms with Crippen molar-refractivity contribution in [2.75, 3.05) is 0 Å². The van der Waals surface area contributed by atoms with Gasteiger partial charge in [0.15, 0.2) is 0 Å². The molecule has 12 rings (SSSR count). The van der Waals surface area contributed by atoms with Crippen molar-refractivity contribution in [3.8, 4) is 11.1 Å². The lowest BCUT2D eigenvalue weighted by molar-refractivity contribution is -0.385. The molecule has 0 saturated heterocycles. The molecule has 2 N–H and O–H groups in total. The Morgan fingerprint density at radius 3 is 1.42 bits per heavy atom. The number of nitro benzene ring substituents is 2. The Kier molecular flexibility index (Phi) is 10.3. The number of rotatable bonds is 4. The van der Waals surface area contributed by atoms with Gasteiger partial charge in [0, 0.05) is 39.1 Å². The van der Waals surface area contributed by atoms with Gasteiger partial charge in [-0.15, -0.1) is 0 Å². The maximum Gasteiger partial charge on any atom is 0.488 e. The van der Waals surface area contributed by atoms with Crippen LogP contribution in [-0.4, -0.2) is 27.0 Å². The first-order chi connectivity index (χ1) is 31.1. The monoisotopic (exact) mass is 902 g/mol. The molecule has 0 aliphatic heterocycles. The lowest BCUT2D eigenvalue weighted by Crippen LogP contribution is -2.29. The summed E-state index contributed by atoms with van der Waals surface area (Å²) >= 11 is 3.24. The second-order valence-electron chi connectivity index (χ2n) is 15.2. The molecule has 0 spiro atoms. The van der Waals surface area contributed by atoms with E-state index in [1.807, 2.05) is 115 Å². The lowest BCUT2D eigenvalue weighted by atomic mass is 9.80. The molecular weight excluding hydrogens is 871 g/mol. The minimum atomic E-state index is -1.48. The van der Waals surface area contributed by atoms with Crippen LogP contribution < -0.4 is 5.46 Å². The number of hydrogen-bond donors (Lipinski definition) is 2. The molecule has 0 radical (unpaired) electrons. The van der Waals surface area contributed by atoms with Crippen molar-refractivity contribution < 1.29 is 28.7 Å². The van der Waals surface area contributed by atoms with Crippen molar-refractivity contribution in [1.82, 2.24) is 0 Å². The average molecular weight is 904 g/mol. The molecule has 2 heterocycles. The van der Waals surface area contributed by atoms with Crippen LogP contribution in [0.2, 0.25) is 0 Å². The predicted octanol–water partition coefficient (Wildman–Crippen LogP) is 13.4. The quantitative estimate of drug-likeness (QED) is 0.101. The first-order valence-corrected chi connectivity index (χ1v) is 21.0. The standard InChI is InChI=1S/C26H15NO3.C16H11BO3.C10H6BrNO2/c28-27(29)22-13-10-16-5-1-3-7-19(16)25(22)18-9-12-21-24(15-18)30-23-14-11-17-6-2-4-8-20(17)26(21)23;18-17(19)11-6-7-13-15(9-11)20-14-8-5-10-3-1-2-4-12(10)16(13)14;11-10-8-4-2-1-3-7(8)5-6-9(10)12(13)14/h1-15H;1-9,18-19H;1-6H. The summed E-state index contributed by atoms with van der Waals surface area (Å²) in [4.78, 5) is 21.7. The zero-order chi connectivity index (χ0) is 44.1. The van der Waals surface area contributed by atoms with E-state index in [4.69, 9.17) is 8.83 Å². The molecule has 0 amide bonds. The third-order valence-corrected chi connectivity index (χ3v) is 12.3. The highest BCUT2D eigenvalue weighted by atomic mass is 79.9. The number of benzene rings is 10. The second-order valence-corrected chi connectivity index (χ2v) is 16.0. The van der Waals surface area contributed by atoms with Gasteiger partial charge in [-0.1, -0.05) is 127 Å². The zero-order valence-electron chi connectivity index (χ0n) is 33.5. The first kappa shape index (κ1) is 40.2. The normalized spacial score (nSPS) is 11.3. The molecule has 0 atom stereocenters. The molecule has 0 aliphatic carbocycles. The molecule has 308 valence electrons. The Hall–Kier alpha value is -7.90. The third kappa shape index (κ3) is 7.15. The van der Waals surface area contributed by atoms with Crippen molar-refractivity contribution >= 4 is 127 Å². The predicted molar refractivity (Wildman–Crippen MR) is 260 cm³/mol. The summed E-state index contributed by atoms with van der Waals surface area (Å²) in [7, 11) is -1.48. The number of furan rings is 2. The molecule has 2 aromatic heterocycles. The van der Waals surface area contributed by atoms with Gasteiger partial charge in [-0.05, 0) is 107 Å². The highest BCUT2D eigenvalue weighted by Crippen LogP contribution is 2.41. The highest BCUT2D eigenvalue weighted by Gasteiger charge is 2.21. The summed E-state index contributed by atoms with van der Waals surface area (Å²) in [5, 5.41) is 53.3. The van der Waals surface area contributed by atoms with Crippen LogP contribution in [0.4, 0.5) is 11.4 Å². The topological polar surface area (TPSA) is 153 Å². The van der Waals surface area contributed by atoms with Crippen LogP contribution in [0.15, 0.2) is 195 Å². The summed E-state index contributed by atoms with van der Waals surface area (Å²) in [6, 6.07) is 57.4. The number of nitrogens with zero attached hydrogens (tertiary/aromatic N) is 2. The van der Waals surface area contributed by atoms with Crippen molar-refractivity contribution in [1.29, 1.82) is 0 Å². The number of nitro groups is 2. The Labute approximate surface area is 371 Å². The van der Waals surface area contributed by atoms with Gasteiger partial charge in [0.05, 0.1) is 15.4 Å². The van der Waals surface area contributed by atoms with Crippen LogP contribution >= 0.6 is 15.9 Å². The van der Waals surface area contributed by atoms with Crippen LogP contribution in [0, 0.1) is 20.2 Å². The van der Waals surface area contributed by atoms with E-state index >= 15 is 0 Å². The fourth-order valence-electron chi connectivity index (χ4n) is 8.50. The average Bonchev–Trinajstić information content (AvgIpc) is 3.90. The summed E-state index contributed by atoms with van der Waals surface area (Å²) in [6.45, 7) is 0. The highest BCUT2D eigenvalue weighted by molar-refractivity contribution is 9.10. The molecule has 0 fully saturated rings. The maximum atomic E-state index is 11.8. The van der Waals surface area contributed by atoms with Gasteiger partial charge in [-0.3, -0.25) is 20.2 Å². The van der Waals surface area contributed by atoms with Gasteiger partial charge in [0.25, 0.3) is 11.4 Å². The number of halogens is 1. The van der Waals surface area contributed by atoms with Gasteiger partial charge >= 0.3 is 7.12 Å². The zero-order valence-corrected chi connectivity index (χ0v) is 35.1. The Balaban J connectivity index is 0.000000123. The van der Waals surface area contributed by atoms with Gasteiger partial charge in [0.2, 0.25) is 0 Å². The van der Waals surface area contributed by atoms with E-state index in [9.17, 15) is 30.3 Å². The van der Waals surface area contributed by atoms with E-state index in [0.29, 0.717) is 21.1 Å². The van der Waals surface area contributed by atoms with Crippen LogP contribution in [0.25, 0.3) is 98.1 Å². The van der Waals surface area contributed by atoms with Gasteiger partial charge < -0.3 is 18.9 Å². The first-order valence-electron chi connectivity index (χ1n) is 20.2. The van der Waals surface area contributed by atoms with Crippen LogP contribution in [0.5, 0.6) is 0 Å². The molecular formula is C52H32BBrN2O8. The van der Waals surface area contributed by atoms with E-state index < -0.39 is 12.0 Å². The summed E-state index contributed by atoms with van der Waals surface area (Å²) < 4.78 is 12.5. The molecule has 0 aliphatic rings. The molecule has 0 unspecified atom stereocenters. The molecule has 12 aromatic rings. The molecule has 0 saturated carbocycles. The number of fused-ring (bicyclic) bond motifs is 12. The summed E-state index contributed by atoms with van der Waals surface area (Å²) in [6.07, 6.45) is 0. The van der Waals surface area contributed by atoms with E-state index in [2.05, 4.69) is 46.3 Å². The largest absolute Gasteiger partial charge is 0.488 e. The maximum absolute atomic E-state index is 11.8. The molecule has 10 nitrogen and oxygen atoms in total. The van der Waals surface area contributed by atoms with Crippen LogP contribution in [-0.2, 0) is 0 Å². The third-order valence-electron chi connectivity index (χ3n) is 11.5. The SMILES string of the molecule is O=[N+]([O-])c1ccc2ccccc2c1-c1ccc2c(c1)oc1ccc3ccccc3c12.O=[N+]([O-])c1ccc2ccccc2c1Br.OB(O)c1ccc2c(c1)oc1ccc3ccccc3c12. The van der Waals surface area contributed by atoms with Crippen molar-refractivity contribution in [3.63, 3.8) is 0 Å². The van der Waals surface area contributed by atoms with Gasteiger partial charge in [-0.2, -0.15) is 0 Å². The Bertz CT molecular complexity index is 3830. The lowest BCUT2D eigenvalue weighted by Gasteiger charge is -2.08. The Morgan fingerprint density at radius 2 is 0.875 bits per heavy atom. The van der Waals surface area contributed by atoms with E-state index in [-0.39, 0.29) is 16.3 Å². The van der Waals surface area contributed by atoms with Gasteiger partial charge in [-0.25, -0.2) is 0 Å². The van der Waals surface area contributed by atoms with Crippen molar-refractivity contribution in [3.05, 3.63) is 207 Å². The van der Waals surface area contributed by atoms with Crippen LogP contribution in [0.1, 0.15) is 0 Å². The fourth-order valence-corrected chi connectivity index (χ4v) is 9.14. The van der Waals surface area contributed by atoms with Gasteiger partial charge in [0.1, 0.15) is 26.8 Å². The molecule has 64 heavy (non-hydrogen) atoms. The molecule has 12 heteroatoms. The molecule has 10 aromatic carbocycles. The van der Waals surface area contributed by atoms with Crippen molar-refractivity contribution in [2.24, 2.45) is 0 Å².